The van der Waals surface area contributed by atoms with Crippen LogP contribution in [0.1, 0.15) is 25.3 Å². The number of ketones is 1. The van der Waals surface area contributed by atoms with Crippen molar-refractivity contribution in [3.05, 3.63) is 28.2 Å². The Balaban J connectivity index is 2.61. The van der Waals surface area contributed by atoms with Crippen LogP contribution in [0.4, 0.5) is 5.69 Å². The molecule has 3 heteroatoms. The Morgan fingerprint density at radius 1 is 1.44 bits per heavy atom. The molecule has 0 aliphatic rings. The SMILES string of the molecule is CC(=O)CCCN(C)c1cc(Br)ccc1C. The number of carbonyl (C=O) groups excluding carboxylic acids is 1. The molecule has 1 aromatic carbocycles. The van der Waals surface area contributed by atoms with Gasteiger partial charge in [-0.3, -0.25) is 0 Å². The van der Waals surface area contributed by atoms with Crippen LogP contribution in [0, 0.1) is 6.92 Å². The van der Waals surface area contributed by atoms with E-state index in [1.54, 1.807) is 6.92 Å². The van der Waals surface area contributed by atoms with Crippen LogP contribution in [0.25, 0.3) is 0 Å². The molecule has 0 N–H and O–H groups in total. The molecule has 2 nitrogen and oxygen atoms in total. The van der Waals surface area contributed by atoms with Crippen LogP contribution in [-0.2, 0) is 4.79 Å². The molecule has 88 valence electrons. The first kappa shape index (κ1) is 13.2. The number of halogens is 1. The molecule has 0 saturated carbocycles. The highest BCUT2D eigenvalue weighted by Crippen LogP contribution is 2.23. The standard InChI is InChI=1S/C13H18BrNO/c1-10-6-7-12(14)9-13(10)15(3)8-4-5-11(2)16/h6-7,9H,4-5,8H2,1-3H3. The summed E-state index contributed by atoms with van der Waals surface area (Å²) < 4.78 is 1.09. The fourth-order valence-electron chi connectivity index (χ4n) is 1.68. The summed E-state index contributed by atoms with van der Waals surface area (Å²) in [5.41, 5.74) is 2.48. The molecule has 1 rings (SSSR count). The lowest BCUT2D eigenvalue weighted by molar-refractivity contribution is -0.117. The minimum Gasteiger partial charge on any atom is -0.374 e. The van der Waals surface area contributed by atoms with Crippen molar-refractivity contribution < 1.29 is 4.79 Å². The number of Topliss-reactive ketones (excluding diaryl/α,β-unsaturated/α-hetero) is 1. The maximum absolute atomic E-state index is 10.9. The average Bonchev–Trinajstić information content (AvgIpc) is 2.21. The van der Waals surface area contributed by atoms with Crippen LogP contribution in [0.5, 0.6) is 0 Å². The molecule has 16 heavy (non-hydrogen) atoms. The first-order valence-corrected chi connectivity index (χ1v) is 6.26. The van der Waals surface area contributed by atoms with E-state index in [4.69, 9.17) is 0 Å². The highest BCUT2D eigenvalue weighted by Gasteiger charge is 2.05. The maximum Gasteiger partial charge on any atom is 0.129 e. The number of hydrogen-bond acceptors (Lipinski definition) is 2. The second-order valence-electron chi connectivity index (χ2n) is 4.16. The van der Waals surface area contributed by atoms with E-state index in [1.165, 1.54) is 11.3 Å². The zero-order chi connectivity index (χ0) is 12.1. The summed E-state index contributed by atoms with van der Waals surface area (Å²) in [6.07, 6.45) is 1.58. The summed E-state index contributed by atoms with van der Waals surface area (Å²) in [4.78, 5) is 13.1. The van der Waals surface area contributed by atoms with E-state index in [0.717, 1.165) is 17.4 Å². The minimum absolute atomic E-state index is 0.263. The summed E-state index contributed by atoms with van der Waals surface area (Å²) in [5.74, 6) is 0.263. The first-order valence-electron chi connectivity index (χ1n) is 5.47. The van der Waals surface area contributed by atoms with E-state index in [0.29, 0.717) is 6.42 Å². The van der Waals surface area contributed by atoms with Gasteiger partial charge in [-0.2, -0.15) is 0 Å². The van der Waals surface area contributed by atoms with Gasteiger partial charge in [0.1, 0.15) is 5.78 Å². The van der Waals surface area contributed by atoms with Crippen LogP contribution in [0.2, 0.25) is 0 Å². The number of anilines is 1. The van der Waals surface area contributed by atoms with E-state index in [9.17, 15) is 4.79 Å². The molecular formula is C13H18BrNO. The first-order chi connectivity index (χ1) is 7.50. The lowest BCUT2D eigenvalue weighted by atomic mass is 10.1. The Kier molecular flexibility index (Phi) is 5.00. The van der Waals surface area contributed by atoms with Crippen LogP contribution < -0.4 is 4.90 Å². The summed E-state index contributed by atoms with van der Waals surface area (Å²) >= 11 is 3.48. The molecule has 0 aromatic heterocycles. The quantitative estimate of drug-likeness (QED) is 0.824. The Labute approximate surface area is 106 Å². The molecule has 0 aliphatic carbocycles. The molecule has 0 aliphatic heterocycles. The van der Waals surface area contributed by atoms with Crippen LogP contribution >= 0.6 is 15.9 Å². The molecule has 1 aromatic rings. The van der Waals surface area contributed by atoms with Crippen molar-refractivity contribution in [1.82, 2.24) is 0 Å². The lowest BCUT2D eigenvalue weighted by Gasteiger charge is -2.21. The minimum atomic E-state index is 0.263. The largest absolute Gasteiger partial charge is 0.374 e. The van der Waals surface area contributed by atoms with Gasteiger partial charge in [-0.15, -0.1) is 0 Å². The highest BCUT2D eigenvalue weighted by molar-refractivity contribution is 9.10. The lowest BCUT2D eigenvalue weighted by Crippen LogP contribution is -2.19. The molecule has 0 amide bonds. The second kappa shape index (κ2) is 6.04. The molecule has 0 fully saturated rings. The third-order valence-electron chi connectivity index (χ3n) is 2.60. The topological polar surface area (TPSA) is 20.3 Å². The van der Waals surface area contributed by atoms with E-state index in [-0.39, 0.29) is 5.78 Å². The van der Waals surface area contributed by atoms with Gasteiger partial charge in [0.25, 0.3) is 0 Å². The van der Waals surface area contributed by atoms with Gasteiger partial charge >= 0.3 is 0 Å². The molecule has 0 saturated heterocycles. The van der Waals surface area contributed by atoms with E-state index in [2.05, 4.69) is 46.9 Å². The summed E-state index contributed by atoms with van der Waals surface area (Å²) in [6.45, 7) is 4.66. The maximum atomic E-state index is 10.9. The summed E-state index contributed by atoms with van der Waals surface area (Å²) in [6, 6.07) is 6.26. The van der Waals surface area contributed by atoms with Crippen molar-refractivity contribution in [1.29, 1.82) is 0 Å². The van der Waals surface area contributed by atoms with Crippen LogP contribution in [0.3, 0.4) is 0 Å². The van der Waals surface area contributed by atoms with Gasteiger partial charge in [-0.05, 0) is 38.0 Å². The number of benzene rings is 1. The van der Waals surface area contributed by atoms with Crippen molar-refractivity contribution in [3.63, 3.8) is 0 Å². The smallest absolute Gasteiger partial charge is 0.129 e. The third kappa shape index (κ3) is 3.97. The predicted molar refractivity (Wildman–Crippen MR) is 72.1 cm³/mol. The number of rotatable bonds is 5. The van der Waals surface area contributed by atoms with Gasteiger partial charge in [0, 0.05) is 30.2 Å². The van der Waals surface area contributed by atoms with Crippen molar-refractivity contribution in [3.8, 4) is 0 Å². The van der Waals surface area contributed by atoms with E-state index in [1.807, 2.05) is 6.07 Å². The Bertz CT molecular complexity index is 376. The van der Waals surface area contributed by atoms with Crippen molar-refractivity contribution in [2.45, 2.75) is 26.7 Å². The van der Waals surface area contributed by atoms with Crippen molar-refractivity contribution in [2.75, 3.05) is 18.5 Å². The number of aryl methyl sites for hydroxylation is 1. The van der Waals surface area contributed by atoms with E-state index < -0.39 is 0 Å². The van der Waals surface area contributed by atoms with E-state index >= 15 is 0 Å². The second-order valence-corrected chi connectivity index (χ2v) is 5.07. The molecule has 0 spiro atoms. The molecular weight excluding hydrogens is 266 g/mol. The molecule has 0 heterocycles. The third-order valence-corrected chi connectivity index (χ3v) is 3.10. The normalized spacial score (nSPS) is 10.2. The van der Waals surface area contributed by atoms with Crippen LogP contribution in [0.15, 0.2) is 22.7 Å². The van der Waals surface area contributed by atoms with Crippen molar-refractivity contribution in [2.24, 2.45) is 0 Å². The van der Waals surface area contributed by atoms with Gasteiger partial charge in [0.2, 0.25) is 0 Å². The van der Waals surface area contributed by atoms with Crippen LogP contribution in [-0.4, -0.2) is 19.4 Å². The van der Waals surface area contributed by atoms with Gasteiger partial charge in [0.05, 0.1) is 0 Å². The van der Waals surface area contributed by atoms with Gasteiger partial charge in [-0.25, -0.2) is 0 Å². The zero-order valence-electron chi connectivity index (χ0n) is 10.1. The van der Waals surface area contributed by atoms with Gasteiger partial charge < -0.3 is 9.69 Å². The summed E-state index contributed by atoms with van der Waals surface area (Å²) in [5, 5.41) is 0. The molecule has 0 unspecified atom stereocenters. The number of hydrogen-bond donors (Lipinski definition) is 0. The number of nitrogens with zero attached hydrogens (tertiary/aromatic N) is 1. The Hall–Kier alpha value is -0.830. The Morgan fingerprint density at radius 3 is 2.75 bits per heavy atom. The monoisotopic (exact) mass is 283 g/mol. The predicted octanol–water partition coefficient (Wildman–Crippen LogP) is 3.56. The molecule has 0 atom stereocenters. The average molecular weight is 284 g/mol. The fourth-order valence-corrected chi connectivity index (χ4v) is 2.03. The van der Waals surface area contributed by atoms with Gasteiger partial charge in [0.15, 0.2) is 0 Å². The number of carbonyl (C=O) groups is 1. The van der Waals surface area contributed by atoms with Crippen molar-refractivity contribution >= 4 is 27.4 Å². The Morgan fingerprint density at radius 2 is 2.12 bits per heavy atom. The zero-order valence-corrected chi connectivity index (χ0v) is 11.7. The van der Waals surface area contributed by atoms with Gasteiger partial charge in [-0.1, -0.05) is 22.0 Å². The fraction of sp³-hybridized carbons (Fsp3) is 0.462. The highest BCUT2D eigenvalue weighted by atomic mass is 79.9. The molecule has 0 radical (unpaired) electrons. The molecule has 0 bridgehead atoms. The summed E-state index contributed by atoms with van der Waals surface area (Å²) in [7, 11) is 2.06.